The summed E-state index contributed by atoms with van der Waals surface area (Å²) < 4.78 is 0. The van der Waals surface area contributed by atoms with Gasteiger partial charge in [0.15, 0.2) is 5.78 Å². The molecule has 1 rings (SSSR count). The maximum absolute atomic E-state index is 12.0. The second-order valence-electron chi connectivity index (χ2n) is 4.79. The minimum Gasteiger partial charge on any atom is -0.294 e. The average Bonchev–Trinajstić information content (AvgIpc) is 2.43. The summed E-state index contributed by atoms with van der Waals surface area (Å²) >= 11 is 0. The van der Waals surface area contributed by atoms with Crippen LogP contribution in [0.4, 0.5) is 0 Å². The van der Waals surface area contributed by atoms with Crippen LogP contribution < -0.4 is 5.53 Å². The van der Waals surface area contributed by atoms with Crippen LogP contribution in [-0.2, 0) is 14.4 Å². The molecule has 0 spiro atoms. The van der Waals surface area contributed by atoms with Crippen LogP contribution >= 0.6 is 0 Å². The summed E-state index contributed by atoms with van der Waals surface area (Å²) in [5.41, 5.74) is 3.37. The van der Waals surface area contributed by atoms with E-state index in [-0.39, 0.29) is 24.8 Å². The van der Waals surface area contributed by atoms with Gasteiger partial charge in [-0.25, -0.2) is 0 Å². The average molecular weight is 277 g/mol. The predicted molar refractivity (Wildman–Crippen MR) is 74.9 cm³/mol. The molecule has 20 heavy (non-hydrogen) atoms. The Hall–Kier alpha value is -2.21. The normalized spacial score (nSPS) is 18.4. The molecule has 1 saturated heterocycles. The molecule has 1 unspecified atom stereocenters. The quantitative estimate of drug-likeness (QED) is 0.764. The molecule has 0 aromatic heterocycles. The zero-order chi connectivity index (χ0) is 15.4. The molecular formula is C14H19N3O3. The highest BCUT2D eigenvalue weighted by Gasteiger charge is 2.34. The molecule has 6 nitrogen and oxygen atoms in total. The minimum atomic E-state index is -0.513. The number of Topliss-reactive ketones (excluding diaryl/α,β-unsaturated/α-hetero) is 1. The van der Waals surface area contributed by atoms with E-state index in [1.54, 1.807) is 13.8 Å². The number of nitrogens with zero attached hydrogens (tertiary/aromatic N) is 2. The van der Waals surface area contributed by atoms with Crippen molar-refractivity contribution in [1.29, 1.82) is 0 Å². The number of carbonyl (C=O) groups excluding carboxylic acids is 3. The highest BCUT2D eigenvalue weighted by molar-refractivity contribution is 5.98. The van der Waals surface area contributed by atoms with Gasteiger partial charge in [0.1, 0.15) is 0 Å². The second kappa shape index (κ2) is 6.29. The van der Waals surface area contributed by atoms with Crippen molar-refractivity contribution in [2.45, 2.75) is 13.8 Å². The molecule has 0 radical (unpaired) electrons. The Kier molecular flexibility index (Phi) is 4.99. The summed E-state index contributed by atoms with van der Waals surface area (Å²) in [5.74, 6) is -1.47. The Bertz CT molecular complexity index is 462. The molecule has 1 aliphatic heterocycles. The molecule has 0 aromatic carbocycles. The van der Waals surface area contributed by atoms with Crippen molar-refractivity contribution in [3.63, 3.8) is 0 Å². The zero-order valence-electron chi connectivity index (χ0n) is 11.8. The predicted octanol–water partition coefficient (Wildman–Crippen LogP) is 0.600. The lowest BCUT2D eigenvalue weighted by Crippen LogP contribution is -2.63. The molecule has 1 heterocycles. The fourth-order valence-electron chi connectivity index (χ4n) is 1.85. The van der Waals surface area contributed by atoms with Crippen LogP contribution in [0.3, 0.4) is 0 Å². The van der Waals surface area contributed by atoms with Gasteiger partial charge in [0, 0.05) is 5.57 Å². The molecule has 1 N–H and O–H groups in total. The smallest absolute Gasteiger partial charge is 0.264 e. The number of carbonyl (C=O) groups is 3. The molecular weight excluding hydrogens is 258 g/mol. The van der Waals surface area contributed by atoms with Gasteiger partial charge in [0.05, 0.1) is 19.0 Å². The van der Waals surface area contributed by atoms with Gasteiger partial charge in [-0.3, -0.25) is 24.4 Å². The van der Waals surface area contributed by atoms with E-state index < -0.39 is 11.8 Å². The molecule has 2 amide bonds. The lowest BCUT2D eigenvalue weighted by molar-refractivity contribution is -0.154. The van der Waals surface area contributed by atoms with E-state index in [0.717, 1.165) is 6.08 Å². The van der Waals surface area contributed by atoms with E-state index >= 15 is 0 Å². The Balaban J connectivity index is 2.99. The van der Waals surface area contributed by atoms with Crippen molar-refractivity contribution in [2.75, 3.05) is 13.1 Å². The highest BCUT2D eigenvalue weighted by Crippen LogP contribution is 2.15. The third kappa shape index (κ3) is 3.42. The van der Waals surface area contributed by atoms with E-state index in [4.69, 9.17) is 0 Å². The van der Waals surface area contributed by atoms with Crippen LogP contribution in [0.15, 0.2) is 37.0 Å². The summed E-state index contributed by atoms with van der Waals surface area (Å²) in [5, 5.41) is 2.39. The molecule has 1 fully saturated rings. The van der Waals surface area contributed by atoms with Crippen molar-refractivity contribution >= 4 is 17.6 Å². The van der Waals surface area contributed by atoms with Crippen LogP contribution in [0.1, 0.15) is 13.8 Å². The lowest BCUT2D eigenvalue weighted by atomic mass is 9.97. The molecule has 1 aliphatic rings. The maximum Gasteiger partial charge on any atom is 0.264 e. The number of allylic oxidation sites excluding steroid dienone is 1. The van der Waals surface area contributed by atoms with Crippen molar-refractivity contribution in [3.8, 4) is 0 Å². The van der Waals surface area contributed by atoms with Crippen LogP contribution in [0, 0.1) is 5.92 Å². The van der Waals surface area contributed by atoms with Crippen LogP contribution in [0.2, 0.25) is 0 Å². The summed E-state index contributed by atoms with van der Waals surface area (Å²) in [6.07, 6.45) is 1.12. The Labute approximate surface area is 118 Å². The number of hydrazine groups is 2. The van der Waals surface area contributed by atoms with Gasteiger partial charge in [-0.15, -0.1) is 5.53 Å². The largest absolute Gasteiger partial charge is 0.294 e. The maximum atomic E-state index is 12.0. The molecule has 0 bridgehead atoms. The minimum absolute atomic E-state index is 0.163. The number of hydrogen-bond donors (Lipinski definition) is 1. The van der Waals surface area contributed by atoms with Crippen LogP contribution in [0.25, 0.3) is 0 Å². The molecule has 108 valence electrons. The topological polar surface area (TPSA) is 69.7 Å². The molecule has 0 aliphatic carbocycles. The van der Waals surface area contributed by atoms with Crippen molar-refractivity contribution in [1.82, 2.24) is 15.6 Å². The van der Waals surface area contributed by atoms with E-state index in [1.807, 2.05) is 0 Å². The number of rotatable bonds is 4. The molecule has 1 atom stereocenters. The molecule has 0 saturated carbocycles. The first-order chi connectivity index (χ1) is 9.27. The molecule has 0 aromatic rings. The van der Waals surface area contributed by atoms with Crippen molar-refractivity contribution in [3.05, 3.63) is 37.0 Å². The first kappa shape index (κ1) is 15.8. The summed E-state index contributed by atoms with van der Waals surface area (Å²) in [6.45, 7) is 14.1. The van der Waals surface area contributed by atoms with Gasteiger partial charge in [0.25, 0.3) is 11.8 Å². The Morgan fingerprint density at radius 1 is 1.10 bits per heavy atom. The van der Waals surface area contributed by atoms with E-state index in [1.165, 1.54) is 10.0 Å². The third-order valence-electron chi connectivity index (χ3n) is 2.89. The SMILES string of the molecule is C=CC(=O)N1CC(C(=O)C(=C)C)CN(C(=O)C(=C)C)N1. The summed E-state index contributed by atoms with van der Waals surface area (Å²) in [6, 6.07) is 0. The van der Waals surface area contributed by atoms with Gasteiger partial charge >= 0.3 is 0 Å². The van der Waals surface area contributed by atoms with Gasteiger partial charge in [-0.05, 0) is 25.5 Å². The fraction of sp³-hybridized carbons (Fsp3) is 0.357. The van der Waals surface area contributed by atoms with Crippen LogP contribution in [0.5, 0.6) is 0 Å². The summed E-state index contributed by atoms with van der Waals surface area (Å²) in [7, 11) is 0. The third-order valence-corrected chi connectivity index (χ3v) is 2.89. The fourth-order valence-corrected chi connectivity index (χ4v) is 1.85. The standard InChI is InChI=1S/C14H19N3O3/c1-6-12(18)16-7-11(13(19)9(2)3)8-17(15-16)14(20)10(4)5/h6,11,15H,1-2,4,7-8H2,3,5H3. The Morgan fingerprint density at radius 2 is 1.65 bits per heavy atom. The van der Waals surface area contributed by atoms with Gasteiger partial charge in [-0.1, -0.05) is 19.7 Å². The highest BCUT2D eigenvalue weighted by atomic mass is 16.2. The van der Waals surface area contributed by atoms with Gasteiger partial charge in [0.2, 0.25) is 0 Å². The first-order valence-electron chi connectivity index (χ1n) is 6.15. The van der Waals surface area contributed by atoms with Crippen molar-refractivity contribution in [2.24, 2.45) is 5.92 Å². The molecule has 6 heteroatoms. The van der Waals surface area contributed by atoms with Gasteiger partial charge < -0.3 is 0 Å². The lowest BCUT2D eigenvalue weighted by Gasteiger charge is -2.39. The van der Waals surface area contributed by atoms with E-state index in [2.05, 4.69) is 25.3 Å². The number of amides is 2. The first-order valence-corrected chi connectivity index (χ1v) is 6.15. The van der Waals surface area contributed by atoms with Crippen molar-refractivity contribution < 1.29 is 14.4 Å². The van der Waals surface area contributed by atoms with Gasteiger partial charge in [-0.2, -0.15) is 0 Å². The Morgan fingerprint density at radius 3 is 2.10 bits per heavy atom. The zero-order valence-corrected chi connectivity index (χ0v) is 11.8. The monoisotopic (exact) mass is 277 g/mol. The van der Waals surface area contributed by atoms with E-state index in [9.17, 15) is 14.4 Å². The second-order valence-corrected chi connectivity index (χ2v) is 4.79. The number of nitrogens with one attached hydrogen (secondary N) is 1. The summed E-state index contributed by atoms with van der Waals surface area (Å²) in [4.78, 5) is 35.7. The number of ketones is 1. The number of hydrogen-bond acceptors (Lipinski definition) is 4. The van der Waals surface area contributed by atoms with Crippen LogP contribution in [-0.4, -0.2) is 40.7 Å². The van der Waals surface area contributed by atoms with E-state index in [0.29, 0.717) is 11.1 Å².